The topological polar surface area (TPSA) is 71.2 Å². The van der Waals surface area contributed by atoms with E-state index in [2.05, 4.69) is 42.9 Å². The third-order valence-electron chi connectivity index (χ3n) is 3.43. The number of aromatic carboxylic acids is 1. The predicted octanol–water partition coefficient (Wildman–Crippen LogP) is 2.12. The van der Waals surface area contributed by atoms with Crippen molar-refractivity contribution in [3.8, 4) is 0 Å². The van der Waals surface area contributed by atoms with Crippen molar-refractivity contribution in [3.05, 3.63) is 11.9 Å². The van der Waals surface area contributed by atoms with Gasteiger partial charge in [-0.05, 0) is 18.8 Å². The van der Waals surface area contributed by atoms with Crippen LogP contribution >= 0.6 is 0 Å². The molecule has 0 amide bonds. The molecule has 1 rings (SSSR count). The first-order valence-electron chi connectivity index (χ1n) is 7.35. The third-order valence-corrected chi connectivity index (χ3v) is 3.43. The molecule has 6 heteroatoms. The van der Waals surface area contributed by atoms with Gasteiger partial charge in [-0.2, -0.15) is 0 Å². The summed E-state index contributed by atoms with van der Waals surface area (Å²) in [6, 6.07) is 0.569. The van der Waals surface area contributed by atoms with E-state index in [0.717, 1.165) is 25.9 Å². The van der Waals surface area contributed by atoms with E-state index in [4.69, 9.17) is 5.11 Å². The van der Waals surface area contributed by atoms with Crippen LogP contribution in [0.1, 0.15) is 51.0 Å². The smallest absolute Gasteiger partial charge is 0.358 e. The van der Waals surface area contributed by atoms with Crippen LogP contribution in [0.5, 0.6) is 0 Å². The van der Waals surface area contributed by atoms with Gasteiger partial charge in [0.15, 0.2) is 5.69 Å². The van der Waals surface area contributed by atoms with Gasteiger partial charge >= 0.3 is 5.97 Å². The van der Waals surface area contributed by atoms with Gasteiger partial charge in [0.05, 0.1) is 12.7 Å². The summed E-state index contributed by atoms with van der Waals surface area (Å²) in [6.07, 6.45) is 3.74. The van der Waals surface area contributed by atoms with Crippen molar-refractivity contribution in [1.29, 1.82) is 0 Å². The van der Waals surface area contributed by atoms with Crippen LogP contribution in [0, 0.1) is 5.92 Å². The SMILES string of the molecule is CCC(CC)N(CCn1cc(C(=O)O)nn1)CC(C)C. The lowest BCUT2D eigenvalue weighted by atomic mass is 10.1. The highest BCUT2D eigenvalue weighted by Gasteiger charge is 2.16. The van der Waals surface area contributed by atoms with Crippen LogP contribution in [0.25, 0.3) is 0 Å². The Morgan fingerprint density at radius 3 is 2.50 bits per heavy atom. The Morgan fingerprint density at radius 1 is 1.40 bits per heavy atom. The second-order valence-corrected chi connectivity index (χ2v) is 5.53. The minimum absolute atomic E-state index is 0.00272. The molecule has 1 N–H and O–H groups in total. The Bertz CT molecular complexity index is 413. The average molecular weight is 282 g/mol. The van der Waals surface area contributed by atoms with E-state index in [1.165, 1.54) is 6.20 Å². The van der Waals surface area contributed by atoms with Crippen LogP contribution < -0.4 is 0 Å². The minimum atomic E-state index is -1.03. The number of carboxylic acid groups (broad SMARTS) is 1. The van der Waals surface area contributed by atoms with Crippen molar-refractivity contribution in [2.24, 2.45) is 5.92 Å². The average Bonchev–Trinajstić information content (AvgIpc) is 2.85. The van der Waals surface area contributed by atoms with Gasteiger partial charge in [-0.3, -0.25) is 9.58 Å². The second kappa shape index (κ2) is 7.99. The molecule has 20 heavy (non-hydrogen) atoms. The van der Waals surface area contributed by atoms with Crippen LogP contribution in [-0.4, -0.2) is 50.1 Å². The maximum Gasteiger partial charge on any atom is 0.358 e. The number of carbonyl (C=O) groups is 1. The normalized spacial score (nSPS) is 11.8. The van der Waals surface area contributed by atoms with E-state index in [1.807, 2.05) is 0 Å². The highest BCUT2D eigenvalue weighted by atomic mass is 16.4. The molecule has 0 radical (unpaired) electrons. The summed E-state index contributed by atoms with van der Waals surface area (Å²) in [7, 11) is 0. The monoisotopic (exact) mass is 282 g/mol. The Morgan fingerprint density at radius 2 is 2.05 bits per heavy atom. The number of aromatic nitrogens is 3. The third kappa shape index (κ3) is 4.92. The Kier molecular flexibility index (Phi) is 6.64. The molecule has 0 aliphatic carbocycles. The van der Waals surface area contributed by atoms with Gasteiger partial charge < -0.3 is 5.11 Å². The van der Waals surface area contributed by atoms with Crippen molar-refractivity contribution >= 4 is 5.97 Å². The van der Waals surface area contributed by atoms with Crippen molar-refractivity contribution in [2.45, 2.75) is 53.1 Å². The molecular formula is C14H26N4O2. The van der Waals surface area contributed by atoms with Crippen molar-refractivity contribution in [3.63, 3.8) is 0 Å². The van der Waals surface area contributed by atoms with Crippen LogP contribution in [0.4, 0.5) is 0 Å². The van der Waals surface area contributed by atoms with Gasteiger partial charge in [-0.15, -0.1) is 5.10 Å². The van der Waals surface area contributed by atoms with Gasteiger partial charge in [0.25, 0.3) is 0 Å². The summed E-state index contributed by atoms with van der Waals surface area (Å²) in [4.78, 5) is 13.2. The molecule has 0 aliphatic rings. The van der Waals surface area contributed by atoms with E-state index in [0.29, 0.717) is 18.5 Å². The zero-order chi connectivity index (χ0) is 15.1. The largest absolute Gasteiger partial charge is 0.476 e. The lowest BCUT2D eigenvalue weighted by molar-refractivity contribution is 0.0690. The lowest BCUT2D eigenvalue weighted by Gasteiger charge is -2.31. The minimum Gasteiger partial charge on any atom is -0.476 e. The molecule has 0 saturated carbocycles. The molecular weight excluding hydrogens is 256 g/mol. The van der Waals surface area contributed by atoms with Gasteiger partial charge in [0.2, 0.25) is 0 Å². The van der Waals surface area contributed by atoms with E-state index < -0.39 is 5.97 Å². The zero-order valence-corrected chi connectivity index (χ0v) is 12.9. The molecule has 0 fully saturated rings. The van der Waals surface area contributed by atoms with E-state index in [-0.39, 0.29) is 5.69 Å². The van der Waals surface area contributed by atoms with Crippen LogP contribution in [0.2, 0.25) is 0 Å². The Balaban J connectivity index is 2.62. The van der Waals surface area contributed by atoms with Crippen LogP contribution in [-0.2, 0) is 6.54 Å². The first-order valence-corrected chi connectivity index (χ1v) is 7.35. The molecule has 0 spiro atoms. The van der Waals surface area contributed by atoms with E-state index >= 15 is 0 Å². The lowest BCUT2D eigenvalue weighted by Crippen LogP contribution is -2.39. The first kappa shape index (κ1) is 16.6. The maximum atomic E-state index is 10.8. The van der Waals surface area contributed by atoms with Crippen LogP contribution in [0.15, 0.2) is 6.20 Å². The fraction of sp³-hybridized carbons (Fsp3) is 0.786. The molecule has 1 aromatic heterocycles. The molecule has 0 saturated heterocycles. The summed E-state index contributed by atoms with van der Waals surface area (Å²) < 4.78 is 1.61. The number of nitrogens with zero attached hydrogens (tertiary/aromatic N) is 4. The Labute approximate surface area is 120 Å². The fourth-order valence-corrected chi connectivity index (χ4v) is 2.43. The van der Waals surface area contributed by atoms with E-state index in [9.17, 15) is 4.79 Å². The molecule has 0 aromatic carbocycles. The number of hydrogen-bond acceptors (Lipinski definition) is 4. The zero-order valence-electron chi connectivity index (χ0n) is 12.9. The van der Waals surface area contributed by atoms with Crippen LogP contribution in [0.3, 0.4) is 0 Å². The van der Waals surface area contributed by atoms with Crippen molar-refractivity contribution in [2.75, 3.05) is 13.1 Å². The summed E-state index contributed by atoms with van der Waals surface area (Å²) in [5, 5.41) is 16.3. The maximum absolute atomic E-state index is 10.8. The quantitative estimate of drug-likeness (QED) is 0.751. The van der Waals surface area contributed by atoms with Gasteiger partial charge in [-0.1, -0.05) is 32.9 Å². The summed E-state index contributed by atoms with van der Waals surface area (Å²) in [6.45, 7) is 11.4. The Hall–Kier alpha value is -1.43. The molecule has 0 bridgehead atoms. The number of hydrogen-bond donors (Lipinski definition) is 1. The second-order valence-electron chi connectivity index (χ2n) is 5.53. The van der Waals surface area contributed by atoms with Gasteiger partial charge in [0, 0.05) is 19.1 Å². The summed E-state index contributed by atoms with van der Waals surface area (Å²) >= 11 is 0. The molecule has 1 aromatic rings. The molecule has 1 heterocycles. The highest BCUT2D eigenvalue weighted by Crippen LogP contribution is 2.11. The molecule has 6 nitrogen and oxygen atoms in total. The predicted molar refractivity (Wildman–Crippen MR) is 77.8 cm³/mol. The summed E-state index contributed by atoms with van der Waals surface area (Å²) in [5.41, 5.74) is 0.00272. The highest BCUT2D eigenvalue weighted by molar-refractivity contribution is 5.84. The standard InChI is InChI=1S/C14H26N4O2/c1-5-12(6-2)17(9-11(3)4)7-8-18-10-13(14(19)20)15-16-18/h10-12H,5-9H2,1-4H3,(H,19,20). The number of carboxylic acids is 1. The molecule has 0 unspecified atom stereocenters. The van der Waals surface area contributed by atoms with Crippen molar-refractivity contribution in [1.82, 2.24) is 19.9 Å². The van der Waals surface area contributed by atoms with E-state index in [1.54, 1.807) is 4.68 Å². The fourth-order valence-electron chi connectivity index (χ4n) is 2.43. The van der Waals surface area contributed by atoms with Gasteiger partial charge in [-0.25, -0.2) is 4.79 Å². The molecule has 0 atom stereocenters. The number of rotatable bonds is 9. The van der Waals surface area contributed by atoms with Gasteiger partial charge in [0.1, 0.15) is 0 Å². The van der Waals surface area contributed by atoms with Crippen molar-refractivity contribution < 1.29 is 9.90 Å². The molecule has 0 aliphatic heterocycles. The molecule has 114 valence electrons. The summed E-state index contributed by atoms with van der Waals surface area (Å²) in [5.74, 6) is -0.420. The first-order chi connectivity index (χ1) is 9.47.